The number of amides is 1. The maximum Gasteiger partial charge on any atom is 0.246 e. The molecular formula is C15H20N2O. The van der Waals surface area contributed by atoms with Gasteiger partial charge in [-0.3, -0.25) is 9.69 Å². The molecule has 0 radical (unpaired) electrons. The number of carbonyl (C=O) groups excluding carboxylic acids is 1. The third-order valence-electron chi connectivity index (χ3n) is 3.24. The standard InChI is InChI=1S/C15H20N2O/c1-2-6-15(18)17-11-9-16(10-12-17)13-14-7-4-3-5-8-14/h2-8H,9-13H2,1H3. The summed E-state index contributed by atoms with van der Waals surface area (Å²) >= 11 is 0. The lowest BCUT2D eigenvalue weighted by Crippen LogP contribution is -2.47. The molecule has 3 heteroatoms. The molecular weight excluding hydrogens is 224 g/mol. The van der Waals surface area contributed by atoms with Gasteiger partial charge in [-0.25, -0.2) is 0 Å². The molecule has 1 aromatic rings. The SMILES string of the molecule is CC=CC(=O)N1CCN(Cc2ccccc2)CC1. The van der Waals surface area contributed by atoms with Gasteiger partial charge in [0.1, 0.15) is 0 Å². The van der Waals surface area contributed by atoms with Gasteiger partial charge >= 0.3 is 0 Å². The van der Waals surface area contributed by atoms with E-state index in [9.17, 15) is 4.79 Å². The molecule has 1 amide bonds. The monoisotopic (exact) mass is 244 g/mol. The Morgan fingerprint density at radius 2 is 1.83 bits per heavy atom. The molecule has 1 fully saturated rings. The molecule has 0 spiro atoms. The predicted molar refractivity (Wildman–Crippen MR) is 73.1 cm³/mol. The zero-order chi connectivity index (χ0) is 12.8. The molecule has 96 valence electrons. The molecule has 0 saturated carbocycles. The van der Waals surface area contributed by atoms with E-state index in [1.807, 2.05) is 17.9 Å². The molecule has 3 nitrogen and oxygen atoms in total. The Kier molecular flexibility index (Phi) is 4.53. The van der Waals surface area contributed by atoms with Crippen molar-refractivity contribution in [1.29, 1.82) is 0 Å². The van der Waals surface area contributed by atoms with Crippen LogP contribution in [0.5, 0.6) is 0 Å². The van der Waals surface area contributed by atoms with Crippen molar-refractivity contribution in [3.05, 3.63) is 48.0 Å². The molecule has 1 heterocycles. The first-order valence-electron chi connectivity index (χ1n) is 6.47. The normalized spacial score (nSPS) is 17.3. The van der Waals surface area contributed by atoms with E-state index in [1.165, 1.54) is 5.56 Å². The number of carbonyl (C=O) groups is 1. The van der Waals surface area contributed by atoms with Crippen molar-refractivity contribution in [3.63, 3.8) is 0 Å². The highest BCUT2D eigenvalue weighted by Gasteiger charge is 2.19. The summed E-state index contributed by atoms with van der Waals surface area (Å²) in [5, 5.41) is 0. The van der Waals surface area contributed by atoms with Crippen molar-refractivity contribution in [1.82, 2.24) is 9.80 Å². The van der Waals surface area contributed by atoms with Gasteiger partial charge in [0.05, 0.1) is 0 Å². The van der Waals surface area contributed by atoms with Crippen molar-refractivity contribution in [2.75, 3.05) is 26.2 Å². The van der Waals surface area contributed by atoms with Gasteiger partial charge in [-0.15, -0.1) is 0 Å². The molecule has 0 atom stereocenters. The second-order valence-corrected chi connectivity index (χ2v) is 4.59. The minimum atomic E-state index is 0.136. The van der Waals surface area contributed by atoms with Gasteiger partial charge in [-0.05, 0) is 18.6 Å². The Morgan fingerprint density at radius 3 is 2.44 bits per heavy atom. The molecule has 1 aromatic carbocycles. The summed E-state index contributed by atoms with van der Waals surface area (Å²) in [5.41, 5.74) is 1.34. The van der Waals surface area contributed by atoms with Crippen molar-refractivity contribution in [3.8, 4) is 0 Å². The van der Waals surface area contributed by atoms with Gasteiger partial charge in [0.2, 0.25) is 5.91 Å². The van der Waals surface area contributed by atoms with Crippen molar-refractivity contribution in [2.24, 2.45) is 0 Å². The lowest BCUT2D eigenvalue weighted by atomic mass is 10.2. The Balaban J connectivity index is 1.82. The number of benzene rings is 1. The van der Waals surface area contributed by atoms with Gasteiger partial charge in [-0.2, -0.15) is 0 Å². The minimum absolute atomic E-state index is 0.136. The zero-order valence-electron chi connectivity index (χ0n) is 10.9. The number of piperazine rings is 1. The summed E-state index contributed by atoms with van der Waals surface area (Å²) in [6, 6.07) is 10.5. The van der Waals surface area contributed by atoms with E-state index in [0.717, 1.165) is 32.7 Å². The number of allylic oxidation sites excluding steroid dienone is 1. The van der Waals surface area contributed by atoms with Crippen LogP contribution in [0.4, 0.5) is 0 Å². The third kappa shape index (κ3) is 3.44. The number of hydrogen-bond donors (Lipinski definition) is 0. The second kappa shape index (κ2) is 6.36. The Labute approximate surface area is 109 Å². The lowest BCUT2D eigenvalue weighted by Gasteiger charge is -2.34. The highest BCUT2D eigenvalue weighted by Crippen LogP contribution is 2.08. The van der Waals surface area contributed by atoms with E-state index in [2.05, 4.69) is 29.2 Å². The van der Waals surface area contributed by atoms with Crippen LogP contribution in [0.1, 0.15) is 12.5 Å². The van der Waals surface area contributed by atoms with Crippen LogP contribution in [0.15, 0.2) is 42.5 Å². The summed E-state index contributed by atoms with van der Waals surface area (Å²) < 4.78 is 0. The molecule has 1 aliphatic heterocycles. The number of hydrogen-bond acceptors (Lipinski definition) is 2. The van der Waals surface area contributed by atoms with E-state index in [0.29, 0.717) is 0 Å². The summed E-state index contributed by atoms with van der Waals surface area (Å²) in [7, 11) is 0. The van der Waals surface area contributed by atoms with E-state index in [-0.39, 0.29) is 5.91 Å². The van der Waals surface area contributed by atoms with Crippen molar-refractivity contribution < 1.29 is 4.79 Å². The summed E-state index contributed by atoms with van der Waals surface area (Å²) in [4.78, 5) is 16.0. The number of rotatable bonds is 3. The summed E-state index contributed by atoms with van der Waals surface area (Å²) in [6.07, 6.45) is 3.45. The van der Waals surface area contributed by atoms with Crippen molar-refractivity contribution in [2.45, 2.75) is 13.5 Å². The summed E-state index contributed by atoms with van der Waals surface area (Å²) in [6.45, 7) is 6.43. The quantitative estimate of drug-likeness (QED) is 0.758. The maximum absolute atomic E-state index is 11.7. The van der Waals surface area contributed by atoms with Crippen LogP contribution in [0.3, 0.4) is 0 Å². The molecule has 0 aromatic heterocycles. The van der Waals surface area contributed by atoms with Gasteiger partial charge in [0.25, 0.3) is 0 Å². The molecule has 1 saturated heterocycles. The van der Waals surface area contributed by atoms with Gasteiger partial charge in [0.15, 0.2) is 0 Å². The van der Waals surface area contributed by atoms with Crippen molar-refractivity contribution >= 4 is 5.91 Å². The average molecular weight is 244 g/mol. The Hall–Kier alpha value is -1.61. The molecule has 18 heavy (non-hydrogen) atoms. The fourth-order valence-electron chi connectivity index (χ4n) is 2.22. The molecule has 0 bridgehead atoms. The predicted octanol–water partition coefficient (Wildman–Crippen LogP) is 1.91. The van der Waals surface area contributed by atoms with Gasteiger partial charge in [-0.1, -0.05) is 36.4 Å². The molecule has 2 rings (SSSR count). The zero-order valence-corrected chi connectivity index (χ0v) is 10.9. The van der Waals surface area contributed by atoms with Crippen LogP contribution in [0.25, 0.3) is 0 Å². The highest BCUT2D eigenvalue weighted by atomic mass is 16.2. The molecule has 0 unspecified atom stereocenters. The highest BCUT2D eigenvalue weighted by molar-refractivity contribution is 5.87. The topological polar surface area (TPSA) is 23.6 Å². The van der Waals surface area contributed by atoms with Gasteiger partial charge in [0, 0.05) is 32.7 Å². The van der Waals surface area contributed by atoms with Crippen LogP contribution in [0.2, 0.25) is 0 Å². The molecule has 0 N–H and O–H groups in total. The van der Waals surface area contributed by atoms with Crippen LogP contribution < -0.4 is 0 Å². The fraction of sp³-hybridized carbons (Fsp3) is 0.400. The van der Waals surface area contributed by atoms with Gasteiger partial charge < -0.3 is 4.90 Å². The van der Waals surface area contributed by atoms with Crippen LogP contribution in [-0.2, 0) is 11.3 Å². The van der Waals surface area contributed by atoms with E-state index in [1.54, 1.807) is 12.2 Å². The minimum Gasteiger partial charge on any atom is -0.337 e. The molecule has 1 aliphatic rings. The first-order chi connectivity index (χ1) is 8.79. The first-order valence-corrected chi connectivity index (χ1v) is 6.47. The smallest absolute Gasteiger partial charge is 0.246 e. The average Bonchev–Trinajstić information content (AvgIpc) is 2.41. The van der Waals surface area contributed by atoms with E-state index < -0.39 is 0 Å². The van der Waals surface area contributed by atoms with E-state index >= 15 is 0 Å². The first kappa shape index (κ1) is 12.8. The Bertz CT molecular complexity index is 406. The third-order valence-corrected chi connectivity index (χ3v) is 3.24. The number of nitrogens with zero attached hydrogens (tertiary/aromatic N) is 2. The van der Waals surface area contributed by atoms with Crippen LogP contribution in [-0.4, -0.2) is 41.9 Å². The maximum atomic E-state index is 11.7. The molecule has 0 aliphatic carbocycles. The largest absolute Gasteiger partial charge is 0.337 e. The van der Waals surface area contributed by atoms with Crippen LogP contribution in [0, 0.1) is 0 Å². The van der Waals surface area contributed by atoms with Crippen LogP contribution >= 0.6 is 0 Å². The summed E-state index contributed by atoms with van der Waals surface area (Å²) in [5.74, 6) is 0.136. The Morgan fingerprint density at radius 1 is 1.17 bits per heavy atom. The second-order valence-electron chi connectivity index (χ2n) is 4.59. The fourth-order valence-corrected chi connectivity index (χ4v) is 2.22. The van der Waals surface area contributed by atoms with E-state index in [4.69, 9.17) is 0 Å². The lowest BCUT2D eigenvalue weighted by molar-refractivity contribution is -0.127.